The van der Waals surface area contributed by atoms with Crippen LogP contribution in [0.25, 0.3) is 11.3 Å². The summed E-state index contributed by atoms with van der Waals surface area (Å²) in [5.74, 6) is 0. The summed E-state index contributed by atoms with van der Waals surface area (Å²) in [7, 11) is 0. The van der Waals surface area contributed by atoms with Crippen LogP contribution in [0.3, 0.4) is 0 Å². The monoisotopic (exact) mass is 341 g/mol. The summed E-state index contributed by atoms with van der Waals surface area (Å²) in [4.78, 5) is 0. The Labute approximate surface area is 174 Å². The van der Waals surface area contributed by atoms with Gasteiger partial charge in [0.1, 0.15) is 5.69 Å². The number of hydrogen-bond donors (Lipinski definition) is 0. The first-order valence-electron chi connectivity index (χ1n) is 6.77. The summed E-state index contributed by atoms with van der Waals surface area (Å²) in [6.45, 7) is -5.00. The van der Waals surface area contributed by atoms with Crippen LogP contribution in [0, 0.1) is 0 Å². The van der Waals surface area contributed by atoms with Crippen molar-refractivity contribution in [3.63, 3.8) is 0 Å². The fraction of sp³-hybridized carbons (Fsp3) is 0.0667. The molecule has 0 amide bonds. The Balaban J connectivity index is 0.00000192. The third-order valence-electron chi connectivity index (χ3n) is 3.35. The summed E-state index contributed by atoms with van der Waals surface area (Å²) in [5.41, 5.74) is 1.12. The minimum absolute atomic E-state index is 0. The van der Waals surface area contributed by atoms with Crippen molar-refractivity contribution in [1.82, 2.24) is 15.0 Å². The molecule has 0 aliphatic carbocycles. The smallest absolute Gasteiger partial charge is 0.445 e. The predicted octanol–water partition coefficient (Wildman–Crippen LogP) is 0.0518. The van der Waals surface area contributed by atoms with Gasteiger partial charge in [-0.2, -0.15) is 0 Å². The predicted molar refractivity (Wildman–Crippen MR) is 79.7 cm³/mol. The van der Waals surface area contributed by atoms with Crippen LogP contribution in [0.2, 0.25) is 0 Å². The van der Waals surface area contributed by atoms with Gasteiger partial charge in [0, 0.05) is 5.56 Å². The second-order valence-electron chi connectivity index (χ2n) is 4.94. The molecule has 0 unspecified atom stereocenters. The number of rotatable bonds is 4. The molecule has 0 radical (unpaired) electrons. The molecule has 0 saturated heterocycles. The van der Waals surface area contributed by atoms with Crippen LogP contribution in [-0.4, -0.2) is 22.0 Å². The first kappa shape index (κ1) is 18.4. The van der Waals surface area contributed by atoms with Gasteiger partial charge in [0.25, 0.3) is 0 Å². The quantitative estimate of drug-likeness (QED) is 0.628. The number of nitrogens with zero attached hydrogens (tertiary/aromatic N) is 3. The van der Waals surface area contributed by atoms with Crippen molar-refractivity contribution in [2.45, 2.75) is 6.54 Å². The minimum atomic E-state index is -5.04. The molecule has 0 spiro atoms. The van der Waals surface area contributed by atoms with E-state index >= 15 is 0 Å². The molecule has 23 heavy (non-hydrogen) atoms. The Hall–Kier alpha value is -0.929. The number of aromatic nitrogens is 3. The van der Waals surface area contributed by atoms with Crippen molar-refractivity contribution >= 4 is 12.4 Å². The fourth-order valence-electron chi connectivity index (χ4n) is 2.29. The van der Waals surface area contributed by atoms with E-state index in [1.165, 1.54) is 16.8 Å². The fourth-order valence-corrected chi connectivity index (χ4v) is 2.29. The number of hydrogen-bond acceptors (Lipinski definition) is 2. The van der Waals surface area contributed by atoms with Crippen molar-refractivity contribution in [2.24, 2.45) is 0 Å². The zero-order valence-electron chi connectivity index (χ0n) is 12.5. The molecule has 0 aliphatic rings. The molecule has 0 N–H and O–H groups in total. The van der Waals surface area contributed by atoms with E-state index in [0.29, 0.717) is 5.69 Å². The number of benzene rings is 2. The summed E-state index contributed by atoms with van der Waals surface area (Å²) in [5, 5.41) is 7.93. The molecule has 112 valence electrons. The molecular formula is C15H12BF3KN3. The van der Waals surface area contributed by atoms with Crippen molar-refractivity contribution < 1.29 is 64.3 Å². The van der Waals surface area contributed by atoms with Gasteiger partial charge < -0.3 is 12.9 Å². The average Bonchev–Trinajstić information content (AvgIpc) is 2.96. The van der Waals surface area contributed by atoms with Crippen molar-refractivity contribution in [1.29, 1.82) is 0 Å². The first-order valence-corrected chi connectivity index (χ1v) is 6.77. The summed E-state index contributed by atoms with van der Waals surface area (Å²) in [6.07, 6.45) is 1.65. The van der Waals surface area contributed by atoms with Crippen LogP contribution in [0.5, 0.6) is 0 Å². The molecule has 0 aliphatic heterocycles. The second kappa shape index (κ2) is 7.76. The van der Waals surface area contributed by atoms with E-state index in [2.05, 4.69) is 10.3 Å². The van der Waals surface area contributed by atoms with Crippen LogP contribution in [0.15, 0.2) is 60.8 Å². The minimum Gasteiger partial charge on any atom is -0.445 e. The van der Waals surface area contributed by atoms with E-state index in [9.17, 15) is 12.9 Å². The van der Waals surface area contributed by atoms with Gasteiger partial charge in [-0.15, -0.1) is 10.6 Å². The van der Waals surface area contributed by atoms with Gasteiger partial charge in [0.2, 0.25) is 0 Å². The Kier molecular flexibility index (Phi) is 6.21. The van der Waals surface area contributed by atoms with Crippen LogP contribution >= 0.6 is 0 Å². The van der Waals surface area contributed by atoms with Crippen molar-refractivity contribution in [3.8, 4) is 11.3 Å². The Morgan fingerprint density at radius 3 is 2.26 bits per heavy atom. The molecule has 2 aromatic carbocycles. The van der Waals surface area contributed by atoms with E-state index in [1.54, 1.807) is 12.3 Å². The van der Waals surface area contributed by atoms with Crippen LogP contribution in [0.4, 0.5) is 12.9 Å². The van der Waals surface area contributed by atoms with Crippen molar-refractivity contribution in [3.05, 3.63) is 66.4 Å². The van der Waals surface area contributed by atoms with E-state index < -0.39 is 12.4 Å². The normalized spacial score (nSPS) is 11.1. The number of halogens is 3. The maximum atomic E-state index is 13.0. The molecule has 0 fully saturated rings. The molecule has 0 atom stereocenters. The van der Waals surface area contributed by atoms with Crippen LogP contribution in [-0.2, 0) is 6.54 Å². The standard InChI is InChI=1S/C15H12BF3N3.K/c17-16(18,19)14-9-5-4-8-13(14)10-22-11-15(20-21-22)12-6-2-1-3-7-12;/h1-9,11H,10H2;/q-1;+1. The van der Waals surface area contributed by atoms with E-state index in [1.807, 2.05) is 30.3 Å². The maximum absolute atomic E-state index is 13.0. The molecule has 0 bridgehead atoms. The van der Waals surface area contributed by atoms with Gasteiger partial charge in [-0.1, -0.05) is 65.4 Å². The average molecular weight is 341 g/mol. The zero-order chi connectivity index (χ0) is 15.6. The molecule has 3 aromatic rings. The van der Waals surface area contributed by atoms with Gasteiger partial charge in [-0.05, 0) is 0 Å². The topological polar surface area (TPSA) is 30.7 Å². The van der Waals surface area contributed by atoms with Gasteiger partial charge in [-0.25, -0.2) is 4.68 Å². The van der Waals surface area contributed by atoms with E-state index in [4.69, 9.17) is 0 Å². The van der Waals surface area contributed by atoms with Gasteiger partial charge in [0.05, 0.1) is 12.7 Å². The van der Waals surface area contributed by atoms with Gasteiger partial charge >= 0.3 is 58.4 Å². The van der Waals surface area contributed by atoms with Crippen LogP contribution < -0.4 is 56.8 Å². The second-order valence-corrected chi connectivity index (χ2v) is 4.94. The largest absolute Gasteiger partial charge is 1.00 e. The SMILES string of the molecule is F[B-](F)(F)c1ccccc1Cn1cc(-c2ccccc2)nn1.[K+]. The van der Waals surface area contributed by atoms with E-state index in [-0.39, 0.29) is 63.5 Å². The zero-order valence-corrected chi connectivity index (χ0v) is 15.7. The molecule has 1 aromatic heterocycles. The first-order chi connectivity index (χ1) is 10.5. The molecule has 1 heterocycles. The third kappa shape index (κ3) is 4.54. The van der Waals surface area contributed by atoms with Gasteiger partial charge in [-0.3, -0.25) is 0 Å². The summed E-state index contributed by atoms with van der Waals surface area (Å²) >= 11 is 0. The van der Waals surface area contributed by atoms with Crippen molar-refractivity contribution in [2.75, 3.05) is 0 Å². The summed E-state index contributed by atoms with van der Waals surface area (Å²) in [6, 6.07) is 14.9. The Morgan fingerprint density at radius 2 is 1.57 bits per heavy atom. The molecule has 3 rings (SSSR count). The molecule has 0 saturated carbocycles. The molecule has 3 nitrogen and oxygen atoms in total. The molecule has 8 heteroatoms. The van der Waals surface area contributed by atoms with E-state index in [0.717, 1.165) is 11.6 Å². The van der Waals surface area contributed by atoms with Gasteiger partial charge in [0.15, 0.2) is 0 Å². The third-order valence-corrected chi connectivity index (χ3v) is 3.35. The maximum Gasteiger partial charge on any atom is 1.00 e. The van der Waals surface area contributed by atoms with Crippen LogP contribution in [0.1, 0.15) is 5.56 Å². The molecular weight excluding hydrogens is 329 g/mol. The Morgan fingerprint density at radius 1 is 0.913 bits per heavy atom. The Bertz CT molecular complexity index is 775. The summed E-state index contributed by atoms with van der Waals surface area (Å²) < 4.78 is 40.5.